The predicted molar refractivity (Wildman–Crippen MR) is 93.7 cm³/mol. The van der Waals surface area contributed by atoms with Crippen LogP contribution in [0.25, 0.3) is 0 Å². The third-order valence-electron chi connectivity index (χ3n) is 3.45. The highest BCUT2D eigenvalue weighted by atomic mass is 16.6. The molecule has 0 unspecified atom stereocenters. The number of rotatable bonds is 6. The van der Waals surface area contributed by atoms with Crippen LogP contribution in [0, 0.1) is 0 Å². The minimum atomic E-state index is -0.787. The lowest BCUT2D eigenvalue weighted by Gasteiger charge is -2.24. The summed E-state index contributed by atoms with van der Waals surface area (Å²) in [5, 5.41) is 2.87. The molecule has 5 nitrogen and oxygen atoms in total. The smallest absolute Gasteiger partial charge is 0.405 e. The van der Waals surface area contributed by atoms with Crippen LogP contribution in [0.5, 0.6) is 0 Å². The third kappa shape index (κ3) is 5.76. The lowest BCUT2D eigenvalue weighted by Crippen LogP contribution is -2.33. The van der Waals surface area contributed by atoms with Crippen molar-refractivity contribution in [2.45, 2.75) is 32.3 Å². The van der Waals surface area contributed by atoms with E-state index in [1.54, 1.807) is 13.8 Å². The minimum Gasteiger partial charge on any atom is -0.443 e. The topological polar surface area (TPSA) is 81.4 Å². The van der Waals surface area contributed by atoms with E-state index >= 15 is 0 Å². The summed E-state index contributed by atoms with van der Waals surface area (Å²) in [5.41, 5.74) is 7.08. The molecule has 3 N–H and O–H groups in total. The Labute approximate surface area is 141 Å². The van der Waals surface area contributed by atoms with Crippen LogP contribution in [0.4, 0.5) is 10.5 Å². The molecule has 0 saturated heterocycles. The Bertz CT molecular complexity index is 694. The molecule has 0 spiro atoms. The van der Waals surface area contributed by atoms with Crippen molar-refractivity contribution in [3.63, 3.8) is 0 Å². The summed E-state index contributed by atoms with van der Waals surface area (Å²) >= 11 is 0. The van der Waals surface area contributed by atoms with E-state index in [0.717, 1.165) is 16.8 Å². The van der Waals surface area contributed by atoms with Gasteiger partial charge in [-0.25, -0.2) is 4.79 Å². The van der Waals surface area contributed by atoms with Crippen LogP contribution >= 0.6 is 0 Å². The van der Waals surface area contributed by atoms with E-state index in [0.29, 0.717) is 12.8 Å². The van der Waals surface area contributed by atoms with Crippen molar-refractivity contribution >= 4 is 17.7 Å². The van der Waals surface area contributed by atoms with Gasteiger partial charge in [0.1, 0.15) is 5.60 Å². The standard InChI is InChI=1S/C19H22N2O3/c1-19(2,24-18(20)23)13-15-8-10-16(11-9-15)21-17(22)12-14-6-4-3-5-7-14/h3-11H,12-13H2,1-2H3,(H2,20,23)(H,21,22). The first kappa shape index (κ1) is 17.5. The molecule has 0 radical (unpaired) electrons. The Morgan fingerprint density at radius 1 is 1.00 bits per heavy atom. The number of anilines is 1. The molecule has 0 fully saturated rings. The zero-order valence-corrected chi connectivity index (χ0v) is 13.9. The number of ether oxygens (including phenoxy) is 1. The van der Waals surface area contributed by atoms with E-state index in [-0.39, 0.29) is 5.91 Å². The number of hydrogen-bond donors (Lipinski definition) is 2. The van der Waals surface area contributed by atoms with Crippen molar-refractivity contribution < 1.29 is 14.3 Å². The van der Waals surface area contributed by atoms with Gasteiger partial charge in [-0.3, -0.25) is 4.79 Å². The Kier molecular flexibility index (Phi) is 5.58. The summed E-state index contributed by atoms with van der Waals surface area (Å²) in [4.78, 5) is 22.9. The molecule has 5 heteroatoms. The molecule has 0 aliphatic rings. The van der Waals surface area contributed by atoms with Gasteiger partial charge in [0.25, 0.3) is 0 Å². The van der Waals surface area contributed by atoms with Crippen LogP contribution < -0.4 is 11.1 Å². The highest BCUT2D eigenvalue weighted by Crippen LogP contribution is 2.19. The highest BCUT2D eigenvalue weighted by Gasteiger charge is 2.22. The summed E-state index contributed by atoms with van der Waals surface area (Å²) < 4.78 is 5.07. The van der Waals surface area contributed by atoms with Crippen molar-refractivity contribution in [1.29, 1.82) is 0 Å². The molecule has 2 aromatic rings. The second-order valence-electron chi connectivity index (χ2n) is 6.27. The van der Waals surface area contributed by atoms with Crippen molar-refractivity contribution in [3.05, 3.63) is 65.7 Å². The Morgan fingerprint density at radius 2 is 1.62 bits per heavy atom. The first-order valence-electron chi connectivity index (χ1n) is 7.75. The van der Waals surface area contributed by atoms with Gasteiger partial charge in [0.2, 0.25) is 5.91 Å². The van der Waals surface area contributed by atoms with Crippen molar-refractivity contribution in [3.8, 4) is 0 Å². The average molecular weight is 326 g/mol. The van der Waals surface area contributed by atoms with Crippen LogP contribution in [0.1, 0.15) is 25.0 Å². The number of carbonyl (C=O) groups is 2. The quantitative estimate of drug-likeness (QED) is 0.854. The minimum absolute atomic E-state index is 0.0636. The Morgan fingerprint density at radius 3 is 2.21 bits per heavy atom. The second kappa shape index (κ2) is 7.64. The molecule has 0 saturated carbocycles. The molecule has 2 aromatic carbocycles. The zero-order valence-electron chi connectivity index (χ0n) is 13.9. The Hall–Kier alpha value is -2.82. The maximum atomic E-state index is 12.0. The first-order chi connectivity index (χ1) is 11.3. The molecule has 126 valence electrons. The van der Waals surface area contributed by atoms with Gasteiger partial charge in [0.15, 0.2) is 0 Å². The number of benzene rings is 2. The molecule has 0 atom stereocenters. The fourth-order valence-electron chi connectivity index (χ4n) is 2.49. The van der Waals surface area contributed by atoms with Crippen molar-refractivity contribution in [1.82, 2.24) is 0 Å². The maximum absolute atomic E-state index is 12.0. The molecule has 0 bridgehead atoms. The van der Waals surface area contributed by atoms with Crippen LogP contribution in [0.3, 0.4) is 0 Å². The highest BCUT2D eigenvalue weighted by molar-refractivity contribution is 5.92. The molecular weight excluding hydrogens is 304 g/mol. The molecule has 2 rings (SSSR count). The van der Waals surface area contributed by atoms with Gasteiger partial charge in [-0.2, -0.15) is 0 Å². The van der Waals surface area contributed by atoms with Gasteiger partial charge in [-0.1, -0.05) is 42.5 Å². The van der Waals surface area contributed by atoms with Gasteiger partial charge >= 0.3 is 6.09 Å². The SMILES string of the molecule is CC(C)(Cc1ccc(NC(=O)Cc2ccccc2)cc1)OC(N)=O. The molecule has 24 heavy (non-hydrogen) atoms. The average Bonchev–Trinajstić information content (AvgIpc) is 2.48. The molecule has 0 aliphatic heterocycles. The summed E-state index contributed by atoms with van der Waals surface area (Å²) in [6.45, 7) is 3.60. The first-order valence-corrected chi connectivity index (χ1v) is 7.75. The summed E-state index contributed by atoms with van der Waals surface area (Å²) in [6, 6.07) is 17.0. The molecule has 0 aliphatic carbocycles. The number of nitrogens with one attached hydrogen (secondary N) is 1. The van der Waals surface area contributed by atoms with Gasteiger partial charge in [-0.05, 0) is 37.1 Å². The normalized spacial score (nSPS) is 10.9. The summed E-state index contributed by atoms with van der Waals surface area (Å²) in [7, 11) is 0. The molecule has 0 aromatic heterocycles. The molecule has 0 heterocycles. The van der Waals surface area contributed by atoms with Crippen molar-refractivity contribution in [2.75, 3.05) is 5.32 Å². The maximum Gasteiger partial charge on any atom is 0.405 e. The number of hydrogen-bond acceptors (Lipinski definition) is 3. The zero-order chi connectivity index (χ0) is 17.6. The van der Waals surface area contributed by atoms with E-state index in [1.807, 2.05) is 54.6 Å². The van der Waals surface area contributed by atoms with Crippen molar-refractivity contribution in [2.24, 2.45) is 5.73 Å². The van der Waals surface area contributed by atoms with E-state index in [2.05, 4.69) is 5.32 Å². The van der Waals surface area contributed by atoms with E-state index < -0.39 is 11.7 Å². The number of primary amides is 1. The van der Waals surface area contributed by atoms with Crippen LogP contribution in [0.15, 0.2) is 54.6 Å². The van der Waals surface area contributed by atoms with Crippen LogP contribution in [-0.2, 0) is 22.4 Å². The lowest BCUT2D eigenvalue weighted by atomic mass is 9.98. The Balaban J connectivity index is 1.92. The molecule has 2 amide bonds. The molecular formula is C19H22N2O3. The van der Waals surface area contributed by atoms with Gasteiger partial charge in [-0.15, -0.1) is 0 Å². The predicted octanol–water partition coefficient (Wildman–Crippen LogP) is 3.28. The largest absolute Gasteiger partial charge is 0.443 e. The lowest BCUT2D eigenvalue weighted by molar-refractivity contribution is -0.115. The van der Waals surface area contributed by atoms with Gasteiger partial charge in [0.05, 0.1) is 6.42 Å². The van der Waals surface area contributed by atoms with E-state index in [1.165, 1.54) is 0 Å². The van der Waals surface area contributed by atoms with E-state index in [4.69, 9.17) is 10.5 Å². The number of carbonyl (C=O) groups excluding carboxylic acids is 2. The third-order valence-corrected chi connectivity index (χ3v) is 3.45. The number of nitrogens with two attached hydrogens (primary N) is 1. The fourth-order valence-corrected chi connectivity index (χ4v) is 2.49. The van der Waals surface area contributed by atoms with E-state index in [9.17, 15) is 9.59 Å². The second-order valence-corrected chi connectivity index (χ2v) is 6.27. The summed E-state index contributed by atoms with van der Waals surface area (Å²) in [5.74, 6) is -0.0636. The number of amides is 2. The van der Waals surface area contributed by atoms with Gasteiger partial charge < -0.3 is 15.8 Å². The van der Waals surface area contributed by atoms with Gasteiger partial charge in [0, 0.05) is 12.1 Å². The monoisotopic (exact) mass is 326 g/mol. The van der Waals surface area contributed by atoms with Crippen LogP contribution in [0.2, 0.25) is 0 Å². The summed E-state index contributed by atoms with van der Waals surface area (Å²) in [6.07, 6.45) is 0.0841. The fraction of sp³-hybridized carbons (Fsp3) is 0.263. The van der Waals surface area contributed by atoms with Crippen LogP contribution in [-0.4, -0.2) is 17.6 Å².